The molecule has 162 valence electrons. The summed E-state index contributed by atoms with van der Waals surface area (Å²) in [5, 5.41) is 3.39. The zero-order chi connectivity index (χ0) is 22.6. The molecule has 0 saturated carbocycles. The Morgan fingerprint density at radius 3 is 1.94 bits per heavy atom. The van der Waals surface area contributed by atoms with Gasteiger partial charge in [-0.25, -0.2) is 8.42 Å². The Balaban J connectivity index is 1.92. The van der Waals surface area contributed by atoms with Gasteiger partial charge in [-0.05, 0) is 50.2 Å². The predicted octanol–water partition coefficient (Wildman–Crippen LogP) is 5.44. The third-order valence-electron chi connectivity index (χ3n) is 4.71. The van der Waals surface area contributed by atoms with Gasteiger partial charge in [-0.15, -0.1) is 0 Å². The summed E-state index contributed by atoms with van der Waals surface area (Å²) in [6.45, 7) is 3.27. The maximum absolute atomic E-state index is 13.4. The summed E-state index contributed by atoms with van der Waals surface area (Å²) in [5.41, 5.74) is 3.00. The van der Waals surface area contributed by atoms with Crippen LogP contribution >= 0.6 is 23.2 Å². The van der Waals surface area contributed by atoms with E-state index in [0.29, 0.717) is 21.3 Å². The van der Waals surface area contributed by atoms with Gasteiger partial charge in [-0.1, -0.05) is 64.7 Å². The molecule has 5 nitrogen and oxygen atoms in total. The molecule has 8 heteroatoms. The molecule has 0 radical (unpaired) electrons. The van der Waals surface area contributed by atoms with Gasteiger partial charge in [0.05, 0.1) is 11.4 Å². The summed E-state index contributed by atoms with van der Waals surface area (Å²) >= 11 is 12.5. The van der Waals surface area contributed by atoms with Gasteiger partial charge >= 0.3 is 0 Å². The molecule has 0 saturated heterocycles. The lowest BCUT2D eigenvalue weighted by Gasteiger charge is -2.23. The van der Waals surface area contributed by atoms with E-state index in [1.54, 1.807) is 42.5 Å². The summed E-state index contributed by atoms with van der Waals surface area (Å²) in [4.78, 5) is 12.8. The Hall–Kier alpha value is -2.38. The number of hydrogen-bond donors (Lipinski definition) is 1. The van der Waals surface area contributed by atoms with Crippen LogP contribution in [0.2, 0.25) is 10.0 Å². The number of hydrogen-bond acceptors (Lipinski definition) is 3. The van der Waals surface area contributed by atoms with E-state index in [-0.39, 0.29) is 11.4 Å². The molecule has 31 heavy (non-hydrogen) atoms. The van der Waals surface area contributed by atoms with Crippen molar-refractivity contribution in [1.82, 2.24) is 4.31 Å². The third-order valence-corrected chi connectivity index (χ3v) is 7.22. The Labute approximate surface area is 192 Å². The minimum absolute atomic E-state index is 0.0874. The number of amides is 1. The van der Waals surface area contributed by atoms with Gasteiger partial charge in [0.25, 0.3) is 0 Å². The first-order valence-corrected chi connectivity index (χ1v) is 11.7. The predicted molar refractivity (Wildman–Crippen MR) is 125 cm³/mol. The van der Waals surface area contributed by atoms with Gasteiger partial charge in [0.15, 0.2) is 0 Å². The maximum atomic E-state index is 13.4. The highest BCUT2D eigenvalue weighted by Gasteiger charge is 2.28. The average molecular weight is 477 g/mol. The number of sulfonamides is 1. The van der Waals surface area contributed by atoms with Crippen molar-refractivity contribution in [2.75, 3.05) is 11.9 Å². The van der Waals surface area contributed by atoms with Crippen LogP contribution in [0, 0.1) is 13.8 Å². The van der Waals surface area contributed by atoms with Crippen molar-refractivity contribution in [2.45, 2.75) is 25.3 Å². The van der Waals surface area contributed by atoms with E-state index in [0.717, 1.165) is 15.4 Å². The van der Waals surface area contributed by atoms with Crippen LogP contribution in [0.15, 0.2) is 71.6 Å². The number of anilines is 1. The topological polar surface area (TPSA) is 66.5 Å². The number of aryl methyl sites for hydroxylation is 2. The van der Waals surface area contributed by atoms with Crippen LogP contribution in [-0.2, 0) is 21.4 Å². The number of rotatable bonds is 7. The molecule has 0 aliphatic carbocycles. The number of nitrogens with zero attached hydrogens (tertiary/aromatic N) is 1. The normalized spacial score (nSPS) is 11.5. The Kier molecular flexibility index (Phi) is 7.38. The molecule has 0 aromatic heterocycles. The van der Waals surface area contributed by atoms with Crippen molar-refractivity contribution in [3.8, 4) is 0 Å². The summed E-state index contributed by atoms with van der Waals surface area (Å²) in [6.07, 6.45) is 0. The van der Waals surface area contributed by atoms with Crippen LogP contribution in [0.5, 0.6) is 0 Å². The molecule has 0 bridgehead atoms. The molecule has 1 N–H and O–H groups in total. The van der Waals surface area contributed by atoms with E-state index in [1.807, 2.05) is 26.0 Å². The average Bonchev–Trinajstić information content (AvgIpc) is 2.72. The Bertz CT molecular complexity index is 1160. The summed E-state index contributed by atoms with van der Waals surface area (Å²) in [5.74, 6) is -0.470. The molecular formula is C23H22Cl2N2O3S. The molecule has 3 aromatic carbocycles. The lowest BCUT2D eigenvalue weighted by molar-refractivity contribution is -0.116. The monoisotopic (exact) mass is 476 g/mol. The van der Waals surface area contributed by atoms with E-state index in [4.69, 9.17) is 23.2 Å². The van der Waals surface area contributed by atoms with Gasteiger partial charge in [0.1, 0.15) is 0 Å². The zero-order valence-electron chi connectivity index (χ0n) is 17.1. The molecule has 1 amide bonds. The fourth-order valence-electron chi connectivity index (χ4n) is 2.94. The molecule has 0 unspecified atom stereocenters. The van der Waals surface area contributed by atoms with Crippen LogP contribution in [0.25, 0.3) is 0 Å². The van der Waals surface area contributed by atoms with E-state index in [9.17, 15) is 13.2 Å². The van der Waals surface area contributed by atoms with E-state index in [1.165, 1.54) is 12.1 Å². The van der Waals surface area contributed by atoms with Crippen molar-refractivity contribution in [1.29, 1.82) is 0 Å². The summed E-state index contributed by atoms with van der Waals surface area (Å²) in [6, 6.07) is 18.6. The first-order valence-electron chi connectivity index (χ1n) is 9.53. The first kappa shape index (κ1) is 23.3. The number of benzene rings is 3. The van der Waals surface area contributed by atoms with Gasteiger partial charge in [-0.2, -0.15) is 4.31 Å². The van der Waals surface area contributed by atoms with E-state index >= 15 is 0 Å². The van der Waals surface area contributed by atoms with Gasteiger partial charge in [0.2, 0.25) is 15.9 Å². The molecule has 0 aliphatic heterocycles. The quantitative estimate of drug-likeness (QED) is 0.493. The lowest BCUT2D eigenvalue weighted by atomic mass is 10.2. The number of carbonyl (C=O) groups is 1. The zero-order valence-corrected chi connectivity index (χ0v) is 19.4. The van der Waals surface area contributed by atoms with Crippen LogP contribution < -0.4 is 5.32 Å². The van der Waals surface area contributed by atoms with Crippen LogP contribution in [0.3, 0.4) is 0 Å². The van der Waals surface area contributed by atoms with Crippen LogP contribution in [-0.4, -0.2) is 25.2 Å². The molecule has 3 aromatic rings. The third kappa shape index (κ3) is 5.86. The van der Waals surface area contributed by atoms with Gasteiger partial charge in [0, 0.05) is 27.8 Å². The molecule has 0 fully saturated rings. The molecule has 0 aliphatic rings. The summed E-state index contributed by atoms with van der Waals surface area (Å²) in [7, 11) is -3.99. The number of halogens is 2. The second-order valence-corrected chi connectivity index (χ2v) is 9.95. The highest BCUT2D eigenvalue weighted by atomic mass is 35.5. The van der Waals surface area contributed by atoms with E-state index < -0.39 is 22.5 Å². The van der Waals surface area contributed by atoms with Crippen molar-refractivity contribution >= 4 is 44.8 Å². The molecule has 3 rings (SSSR count). The maximum Gasteiger partial charge on any atom is 0.243 e. The van der Waals surface area contributed by atoms with E-state index in [2.05, 4.69) is 5.32 Å². The standard InChI is InChI=1S/C23H22Cl2N2O3S/c1-16-6-10-18(11-7-16)26-23(28)15-27(14-20-21(24)4-3-5-22(20)25)31(29,30)19-12-8-17(2)9-13-19/h3-13H,14-15H2,1-2H3,(H,26,28). The Morgan fingerprint density at radius 2 is 1.39 bits per heavy atom. The minimum atomic E-state index is -3.99. The molecular weight excluding hydrogens is 455 g/mol. The van der Waals surface area contributed by atoms with Crippen LogP contribution in [0.4, 0.5) is 5.69 Å². The smallest absolute Gasteiger partial charge is 0.243 e. The minimum Gasteiger partial charge on any atom is -0.325 e. The second-order valence-electron chi connectivity index (χ2n) is 7.20. The largest absolute Gasteiger partial charge is 0.325 e. The van der Waals surface area contributed by atoms with Crippen molar-refractivity contribution in [3.63, 3.8) is 0 Å². The Morgan fingerprint density at radius 1 is 0.871 bits per heavy atom. The van der Waals surface area contributed by atoms with Gasteiger partial charge < -0.3 is 5.32 Å². The van der Waals surface area contributed by atoms with Crippen molar-refractivity contribution < 1.29 is 13.2 Å². The molecule has 0 atom stereocenters. The highest BCUT2D eigenvalue weighted by molar-refractivity contribution is 7.89. The van der Waals surface area contributed by atoms with Gasteiger partial charge in [-0.3, -0.25) is 4.79 Å². The fraction of sp³-hybridized carbons (Fsp3) is 0.174. The fourth-order valence-corrected chi connectivity index (χ4v) is 4.82. The second kappa shape index (κ2) is 9.83. The lowest BCUT2D eigenvalue weighted by Crippen LogP contribution is -2.37. The van der Waals surface area contributed by atoms with Crippen molar-refractivity contribution in [3.05, 3.63) is 93.5 Å². The SMILES string of the molecule is Cc1ccc(NC(=O)CN(Cc2c(Cl)cccc2Cl)S(=O)(=O)c2ccc(C)cc2)cc1. The highest BCUT2D eigenvalue weighted by Crippen LogP contribution is 2.28. The first-order chi connectivity index (χ1) is 14.7. The van der Waals surface area contributed by atoms with Crippen molar-refractivity contribution in [2.24, 2.45) is 0 Å². The molecule has 0 spiro atoms. The van der Waals surface area contributed by atoms with Crippen LogP contribution in [0.1, 0.15) is 16.7 Å². The number of nitrogens with one attached hydrogen (secondary N) is 1. The molecule has 0 heterocycles. The summed E-state index contributed by atoms with van der Waals surface area (Å²) < 4.78 is 27.8. The number of carbonyl (C=O) groups excluding carboxylic acids is 1.